The molecule has 3 rings (SSSR count). The first-order valence-corrected chi connectivity index (χ1v) is 11.4. The van der Waals surface area contributed by atoms with Crippen molar-refractivity contribution in [1.29, 1.82) is 0 Å². The van der Waals surface area contributed by atoms with E-state index in [1.807, 2.05) is 19.9 Å². The average molecular weight is 444 g/mol. The molecule has 1 aliphatic rings. The van der Waals surface area contributed by atoms with Crippen LogP contribution < -0.4 is 5.32 Å². The summed E-state index contributed by atoms with van der Waals surface area (Å²) in [6, 6.07) is 5.41. The highest BCUT2D eigenvalue weighted by molar-refractivity contribution is 7.17. The van der Waals surface area contributed by atoms with E-state index in [1.165, 1.54) is 11.3 Å². The number of carbonyl (C=O) groups is 3. The molecule has 1 atom stereocenters. The Morgan fingerprint density at radius 2 is 1.81 bits per heavy atom. The Labute approximate surface area is 186 Å². The van der Waals surface area contributed by atoms with E-state index >= 15 is 0 Å². The van der Waals surface area contributed by atoms with Crippen LogP contribution >= 0.6 is 11.3 Å². The largest absolute Gasteiger partial charge is 0.459 e. The Bertz CT molecular complexity index is 987. The summed E-state index contributed by atoms with van der Waals surface area (Å²) < 4.78 is 10.6. The lowest BCUT2D eigenvalue weighted by molar-refractivity contribution is -0.119. The van der Waals surface area contributed by atoms with Crippen molar-refractivity contribution in [2.45, 2.75) is 60.0 Å². The minimum Gasteiger partial charge on any atom is -0.459 e. The van der Waals surface area contributed by atoms with Crippen molar-refractivity contribution in [2.75, 3.05) is 11.9 Å². The molecule has 0 saturated carbocycles. The fraction of sp³-hybridized carbons (Fsp3) is 0.458. The number of hydrogen-bond donors (Lipinski definition) is 1. The highest BCUT2D eigenvalue weighted by Crippen LogP contribution is 2.40. The number of rotatable bonds is 6. The van der Waals surface area contributed by atoms with Gasteiger partial charge in [0.2, 0.25) is 0 Å². The minimum absolute atomic E-state index is 0.257. The summed E-state index contributed by atoms with van der Waals surface area (Å²) in [7, 11) is 0. The molecule has 166 valence electrons. The SMILES string of the molecule is Cc1cc(C)cc(C(=O)OCC(=O)Nc2sc3c(c2C(=O)OC(C)C)CCC(C)C3)c1. The van der Waals surface area contributed by atoms with E-state index in [1.54, 1.807) is 26.0 Å². The molecule has 6 nitrogen and oxygen atoms in total. The zero-order valence-corrected chi connectivity index (χ0v) is 19.5. The van der Waals surface area contributed by atoms with E-state index in [0.29, 0.717) is 22.0 Å². The zero-order chi connectivity index (χ0) is 22.7. The van der Waals surface area contributed by atoms with Crippen LogP contribution in [0.15, 0.2) is 18.2 Å². The third-order valence-electron chi connectivity index (χ3n) is 5.10. The van der Waals surface area contributed by atoms with Gasteiger partial charge in [0, 0.05) is 4.88 Å². The Balaban J connectivity index is 1.73. The predicted octanol–water partition coefficient (Wildman–Crippen LogP) is 4.85. The fourth-order valence-corrected chi connectivity index (χ4v) is 5.21. The smallest absolute Gasteiger partial charge is 0.341 e. The van der Waals surface area contributed by atoms with Crippen molar-refractivity contribution >= 4 is 34.2 Å². The summed E-state index contributed by atoms with van der Waals surface area (Å²) in [5.41, 5.74) is 3.71. The van der Waals surface area contributed by atoms with E-state index in [9.17, 15) is 14.4 Å². The standard InChI is InChI=1S/C24H29NO5S/c1-13(2)30-24(28)21-18-7-6-14(3)11-19(18)31-22(21)25-20(26)12-29-23(27)17-9-15(4)8-16(5)10-17/h8-10,13-14H,6-7,11-12H2,1-5H3,(H,25,26). The number of amides is 1. The number of anilines is 1. The van der Waals surface area contributed by atoms with Crippen LogP contribution in [0.1, 0.15) is 69.5 Å². The van der Waals surface area contributed by atoms with Gasteiger partial charge in [0.05, 0.1) is 17.2 Å². The third-order valence-corrected chi connectivity index (χ3v) is 6.27. The molecule has 1 amide bonds. The monoisotopic (exact) mass is 443 g/mol. The molecular weight excluding hydrogens is 414 g/mol. The van der Waals surface area contributed by atoms with Gasteiger partial charge >= 0.3 is 11.9 Å². The molecular formula is C24H29NO5S. The second-order valence-corrected chi connectivity index (χ2v) is 9.62. The first kappa shape index (κ1) is 23.0. The number of esters is 2. The Morgan fingerprint density at radius 3 is 2.45 bits per heavy atom. The van der Waals surface area contributed by atoms with Gasteiger partial charge in [0.25, 0.3) is 5.91 Å². The predicted molar refractivity (Wildman–Crippen MR) is 121 cm³/mol. The maximum atomic E-state index is 12.7. The quantitative estimate of drug-likeness (QED) is 0.646. The lowest BCUT2D eigenvalue weighted by atomic mass is 9.88. The van der Waals surface area contributed by atoms with Crippen molar-refractivity contribution in [3.8, 4) is 0 Å². The number of fused-ring (bicyclic) bond motifs is 1. The summed E-state index contributed by atoms with van der Waals surface area (Å²) in [4.78, 5) is 38.7. The first-order valence-electron chi connectivity index (χ1n) is 10.5. The summed E-state index contributed by atoms with van der Waals surface area (Å²) >= 11 is 1.41. The lowest BCUT2D eigenvalue weighted by Gasteiger charge is -2.18. The molecule has 0 radical (unpaired) electrons. The molecule has 0 aliphatic heterocycles. The normalized spacial score (nSPS) is 15.4. The number of benzene rings is 1. The van der Waals surface area contributed by atoms with E-state index in [4.69, 9.17) is 9.47 Å². The van der Waals surface area contributed by atoms with E-state index in [-0.39, 0.29) is 6.10 Å². The van der Waals surface area contributed by atoms with Gasteiger partial charge in [-0.2, -0.15) is 0 Å². The van der Waals surface area contributed by atoms with Crippen LogP contribution in [0.3, 0.4) is 0 Å². The third kappa shape index (κ3) is 5.73. The number of ether oxygens (including phenoxy) is 2. The van der Waals surface area contributed by atoms with Gasteiger partial charge in [-0.1, -0.05) is 24.1 Å². The number of aryl methyl sites for hydroxylation is 2. The van der Waals surface area contributed by atoms with E-state index < -0.39 is 24.5 Å². The zero-order valence-electron chi connectivity index (χ0n) is 18.7. The summed E-state index contributed by atoms with van der Waals surface area (Å²) in [6.07, 6.45) is 2.40. The minimum atomic E-state index is -0.555. The van der Waals surface area contributed by atoms with Gasteiger partial charge in [0.15, 0.2) is 6.61 Å². The maximum absolute atomic E-state index is 12.7. The van der Waals surface area contributed by atoms with Crippen LogP contribution in [0.25, 0.3) is 0 Å². The number of hydrogen-bond acceptors (Lipinski definition) is 6. The molecule has 1 unspecified atom stereocenters. The van der Waals surface area contributed by atoms with Gasteiger partial charge in [0.1, 0.15) is 5.00 Å². The Morgan fingerprint density at radius 1 is 1.13 bits per heavy atom. The molecule has 1 aliphatic carbocycles. The maximum Gasteiger partial charge on any atom is 0.341 e. The topological polar surface area (TPSA) is 81.7 Å². The van der Waals surface area contributed by atoms with Gasteiger partial charge in [-0.25, -0.2) is 9.59 Å². The Hall–Kier alpha value is -2.67. The molecule has 0 bridgehead atoms. The summed E-state index contributed by atoms with van der Waals surface area (Å²) in [6.45, 7) is 9.14. The molecule has 0 spiro atoms. The molecule has 1 aromatic carbocycles. The number of carbonyl (C=O) groups excluding carboxylic acids is 3. The van der Waals surface area contributed by atoms with Gasteiger partial charge in [-0.15, -0.1) is 11.3 Å². The van der Waals surface area contributed by atoms with Crippen molar-refractivity contribution in [1.82, 2.24) is 0 Å². The van der Waals surface area contributed by atoms with Crippen LogP contribution in [-0.2, 0) is 27.1 Å². The van der Waals surface area contributed by atoms with Crippen LogP contribution in [0.2, 0.25) is 0 Å². The molecule has 0 fully saturated rings. The Kier molecular flexibility index (Phi) is 7.15. The van der Waals surface area contributed by atoms with E-state index in [2.05, 4.69) is 12.2 Å². The molecule has 7 heteroatoms. The van der Waals surface area contributed by atoms with Crippen molar-refractivity contribution < 1.29 is 23.9 Å². The van der Waals surface area contributed by atoms with Crippen LogP contribution in [0.4, 0.5) is 5.00 Å². The van der Waals surface area contributed by atoms with Crippen molar-refractivity contribution in [3.63, 3.8) is 0 Å². The van der Waals surface area contributed by atoms with Crippen molar-refractivity contribution in [2.24, 2.45) is 5.92 Å². The molecule has 31 heavy (non-hydrogen) atoms. The first-order chi connectivity index (χ1) is 14.6. The fourth-order valence-electron chi connectivity index (χ4n) is 3.80. The highest BCUT2D eigenvalue weighted by atomic mass is 32.1. The summed E-state index contributed by atoms with van der Waals surface area (Å²) in [5, 5.41) is 3.24. The molecule has 1 aromatic heterocycles. The number of nitrogens with one attached hydrogen (secondary N) is 1. The van der Waals surface area contributed by atoms with Gasteiger partial charge < -0.3 is 14.8 Å². The molecule has 1 heterocycles. The van der Waals surface area contributed by atoms with E-state index in [0.717, 1.165) is 40.8 Å². The lowest BCUT2D eigenvalue weighted by Crippen LogP contribution is -2.22. The highest BCUT2D eigenvalue weighted by Gasteiger charge is 2.29. The van der Waals surface area contributed by atoms with Crippen LogP contribution in [0, 0.1) is 19.8 Å². The van der Waals surface area contributed by atoms with Crippen LogP contribution in [0.5, 0.6) is 0 Å². The second-order valence-electron chi connectivity index (χ2n) is 8.51. The second kappa shape index (κ2) is 9.64. The van der Waals surface area contributed by atoms with Gasteiger partial charge in [-0.05, 0) is 70.6 Å². The van der Waals surface area contributed by atoms with Crippen LogP contribution in [-0.4, -0.2) is 30.6 Å². The average Bonchev–Trinajstić information content (AvgIpc) is 3.01. The van der Waals surface area contributed by atoms with Gasteiger partial charge in [-0.3, -0.25) is 4.79 Å². The molecule has 2 aromatic rings. The number of thiophene rings is 1. The summed E-state index contributed by atoms with van der Waals surface area (Å²) in [5.74, 6) is -0.935. The van der Waals surface area contributed by atoms with Crippen molar-refractivity contribution in [3.05, 3.63) is 50.9 Å². The molecule has 1 N–H and O–H groups in total. The molecule has 0 saturated heterocycles.